The molecule has 1 aromatic rings. The van der Waals surface area contributed by atoms with Gasteiger partial charge in [0.2, 0.25) is 5.91 Å². The van der Waals surface area contributed by atoms with Gasteiger partial charge < -0.3 is 10.4 Å². The molecular weight excluding hydrogens is 256 g/mol. The van der Waals surface area contributed by atoms with Crippen LogP contribution in [0.15, 0.2) is 18.3 Å². The van der Waals surface area contributed by atoms with E-state index in [1.165, 1.54) is 12.3 Å². The summed E-state index contributed by atoms with van der Waals surface area (Å²) >= 11 is 0. The summed E-state index contributed by atoms with van der Waals surface area (Å²) in [4.78, 5) is 26.9. The average Bonchev–Trinajstić information content (AvgIpc) is 2.95. The van der Waals surface area contributed by atoms with Crippen molar-refractivity contribution in [1.29, 1.82) is 0 Å². The molecule has 0 aromatic carbocycles. The van der Waals surface area contributed by atoms with Gasteiger partial charge >= 0.3 is 5.97 Å². The molecule has 0 bridgehead atoms. The molecule has 0 saturated heterocycles. The number of carbonyl (C=O) groups excluding carboxylic acids is 1. The van der Waals surface area contributed by atoms with Crippen molar-refractivity contribution in [1.82, 2.24) is 10.3 Å². The molecule has 1 aliphatic rings. The number of pyridine rings is 1. The lowest BCUT2D eigenvalue weighted by Gasteiger charge is -2.26. The lowest BCUT2D eigenvalue weighted by atomic mass is 9.82. The van der Waals surface area contributed by atoms with Crippen molar-refractivity contribution < 1.29 is 14.7 Å². The number of hydrogen-bond acceptors (Lipinski definition) is 3. The molecule has 108 valence electrons. The van der Waals surface area contributed by atoms with Crippen LogP contribution in [0.5, 0.6) is 0 Å². The number of aromatic carboxylic acids is 1. The van der Waals surface area contributed by atoms with Gasteiger partial charge in [0.05, 0.1) is 0 Å². The Morgan fingerprint density at radius 3 is 2.55 bits per heavy atom. The first-order valence-electron chi connectivity index (χ1n) is 7.04. The quantitative estimate of drug-likeness (QED) is 0.865. The van der Waals surface area contributed by atoms with Crippen molar-refractivity contribution in [3.63, 3.8) is 0 Å². The predicted octanol–water partition coefficient (Wildman–Crippen LogP) is 2.37. The number of nitrogens with one attached hydrogen (secondary N) is 1. The summed E-state index contributed by atoms with van der Waals surface area (Å²) in [6.07, 6.45) is 6.54. The molecule has 2 rings (SSSR count). The van der Waals surface area contributed by atoms with Gasteiger partial charge in [-0.05, 0) is 30.9 Å². The SMILES string of the molecule is CCC1(C(=O)NCc2ccc(C(=O)O)nc2)CCCC1. The highest BCUT2D eigenvalue weighted by molar-refractivity contribution is 5.85. The summed E-state index contributed by atoms with van der Waals surface area (Å²) < 4.78 is 0. The van der Waals surface area contributed by atoms with Crippen LogP contribution in [0.2, 0.25) is 0 Å². The van der Waals surface area contributed by atoms with E-state index in [9.17, 15) is 9.59 Å². The molecule has 0 unspecified atom stereocenters. The number of nitrogens with zero attached hydrogens (tertiary/aromatic N) is 1. The maximum Gasteiger partial charge on any atom is 0.354 e. The summed E-state index contributed by atoms with van der Waals surface area (Å²) in [5, 5.41) is 11.7. The first-order chi connectivity index (χ1) is 9.57. The summed E-state index contributed by atoms with van der Waals surface area (Å²) in [6, 6.07) is 3.14. The molecule has 1 saturated carbocycles. The Morgan fingerprint density at radius 1 is 1.35 bits per heavy atom. The predicted molar refractivity (Wildman–Crippen MR) is 74.2 cm³/mol. The van der Waals surface area contributed by atoms with Crippen molar-refractivity contribution >= 4 is 11.9 Å². The number of carboxylic acid groups (broad SMARTS) is 1. The standard InChI is InChI=1S/C15H20N2O3/c1-2-15(7-3-4-8-15)14(20)17-10-11-5-6-12(13(18)19)16-9-11/h5-6,9H,2-4,7-8,10H2,1H3,(H,17,20)(H,18,19). The van der Waals surface area contributed by atoms with E-state index in [0.29, 0.717) is 6.54 Å². The van der Waals surface area contributed by atoms with Gasteiger partial charge in [-0.15, -0.1) is 0 Å². The maximum absolute atomic E-state index is 12.3. The highest BCUT2D eigenvalue weighted by Gasteiger charge is 2.38. The van der Waals surface area contributed by atoms with Crippen LogP contribution in [-0.2, 0) is 11.3 Å². The van der Waals surface area contributed by atoms with Crippen LogP contribution in [0.3, 0.4) is 0 Å². The van der Waals surface area contributed by atoms with Crippen LogP contribution in [0.1, 0.15) is 55.1 Å². The zero-order chi connectivity index (χ0) is 14.6. The van der Waals surface area contributed by atoms with Gasteiger partial charge in [0.25, 0.3) is 0 Å². The molecule has 0 atom stereocenters. The molecule has 2 N–H and O–H groups in total. The second-order valence-electron chi connectivity index (χ2n) is 5.38. The third kappa shape index (κ3) is 2.98. The Bertz CT molecular complexity index is 490. The third-order valence-corrected chi connectivity index (χ3v) is 4.22. The fraction of sp³-hybridized carbons (Fsp3) is 0.533. The second kappa shape index (κ2) is 6.03. The summed E-state index contributed by atoms with van der Waals surface area (Å²) in [5.41, 5.74) is 0.627. The topological polar surface area (TPSA) is 79.3 Å². The van der Waals surface area contributed by atoms with Crippen LogP contribution < -0.4 is 5.32 Å². The zero-order valence-electron chi connectivity index (χ0n) is 11.7. The van der Waals surface area contributed by atoms with Gasteiger partial charge in [-0.25, -0.2) is 9.78 Å². The van der Waals surface area contributed by atoms with Crippen molar-refractivity contribution in [3.05, 3.63) is 29.6 Å². The van der Waals surface area contributed by atoms with Crippen molar-refractivity contribution in [2.24, 2.45) is 5.41 Å². The van der Waals surface area contributed by atoms with Gasteiger partial charge in [0.15, 0.2) is 0 Å². The van der Waals surface area contributed by atoms with E-state index in [4.69, 9.17) is 5.11 Å². The third-order valence-electron chi connectivity index (χ3n) is 4.22. The van der Waals surface area contributed by atoms with E-state index in [0.717, 1.165) is 37.7 Å². The van der Waals surface area contributed by atoms with Crippen molar-refractivity contribution in [2.75, 3.05) is 0 Å². The maximum atomic E-state index is 12.3. The largest absolute Gasteiger partial charge is 0.477 e. The van der Waals surface area contributed by atoms with E-state index >= 15 is 0 Å². The number of rotatable bonds is 5. The fourth-order valence-corrected chi connectivity index (χ4v) is 2.82. The molecule has 0 aliphatic heterocycles. The Hall–Kier alpha value is -1.91. The summed E-state index contributed by atoms with van der Waals surface area (Å²) in [7, 11) is 0. The Morgan fingerprint density at radius 2 is 2.05 bits per heavy atom. The van der Waals surface area contributed by atoms with Gasteiger partial charge in [0, 0.05) is 18.2 Å². The summed E-state index contributed by atoms with van der Waals surface area (Å²) in [5.74, 6) is -0.934. The minimum Gasteiger partial charge on any atom is -0.477 e. The van der Waals surface area contributed by atoms with Crippen LogP contribution in [0.4, 0.5) is 0 Å². The van der Waals surface area contributed by atoms with E-state index < -0.39 is 5.97 Å². The van der Waals surface area contributed by atoms with Crippen molar-refractivity contribution in [3.8, 4) is 0 Å². The van der Waals surface area contributed by atoms with E-state index in [2.05, 4.69) is 17.2 Å². The molecule has 1 aliphatic carbocycles. The fourth-order valence-electron chi connectivity index (χ4n) is 2.82. The number of carboxylic acids is 1. The molecule has 1 fully saturated rings. The smallest absolute Gasteiger partial charge is 0.354 e. The van der Waals surface area contributed by atoms with Crippen molar-refractivity contribution in [2.45, 2.75) is 45.6 Å². The Labute approximate surface area is 118 Å². The second-order valence-corrected chi connectivity index (χ2v) is 5.38. The summed E-state index contributed by atoms with van der Waals surface area (Å²) in [6.45, 7) is 2.46. The molecule has 1 amide bonds. The molecule has 0 spiro atoms. The van der Waals surface area contributed by atoms with E-state index in [1.54, 1.807) is 6.07 Å². The highest BCUT2D eigenvalue weighted by atomic mass is 16.4. The Balaban J connectivity index is 1.94. The zero-order valence-corrected chi connectivity index (χ0v) is 11.7. The number of amides is 1. The van der Waals surface area contributed by atoms with Crippen LogP contribution in [0.25, 0.3) is 0 Å². The van der Waals surface area contributed by atoms with Crippen LogP contribution in [-0.4, -0.2) is 22.0 Å². The lowest BCUT2D eigenvalue weighted by Crippen LogP contribution is -2.38. The number of aromatic nitrogens is 1. The molecular formula is C15H20N2O3. The monoisotopic (exact) mass is 276 g/mol. The van der Waals surface area contributed by atoms with Gasteiger partial charge in [0.1, 0.15) is 5.69 Å². The average molecular weight is 276 g/mol. The van der Waals surface area contributed by atoms with E-state index in [-0.39, 0.29) is 17.0 Å². The van der Waals surface area contributed by atoms with E-state index in [1.807, 2.05) is 0 Å². The minimum absolute atomic E-state index is 0.0147. The lowest BCUT2D eigenvalue weighted by molar-refractivity contribution is -0.131. The van der Waals surface area contributed by atoms with Gasteiger partial charge in [-0.1, -0.05) is 25.8 Å². The number of carbonyl (C=O) groups is 2. The molecule has 20 heavy (non-hydrogen) atoms. The first kappa shape index (κ1) is 14.5. The molecule has 5 heteroatoms. The normalized spacial score (nSPS) is 16.9. The highest BCUT2D eigenvalue weighted by Crippen LogP contribution is 2.41. The molecule has 0 radical (unpaired) electrons. The van der Waals surface area contributed by atoms with Gasteiger partial charge in [-0.2, -0.15) is 0 Å². The molecule has 1 heterocycles. The first-order valence-corrected chi connectivity index (χ1v) is 7.04. The number of hydrogen-bond donors (Lipinski definition) is 2. The molecule has 1 aromatic heterocycles. The molecule has 5 nitrogen and oxygen atoms in total. The minimum atomic E-state index is -1.04. The van der Waals surface area contributed by atoms with Crippen LogP contribution in [0, 0.1) is 5.41 Å². The van der Waals surface area contributed by atoms with Gasteiger partial charge in [-0.3, -0.25) is 4.79 Å². The Kier molecular flexibility index (Phi) is 4.37. The van der Waals surface area contributed by atoms with Crippen LogP contribution >= 0.6 is 0 Å².